The van der Waals surface area contributed by atoms with Crippen LogP contribution < -0.4 is 10.0 Å². The molecule has 0 radical (unpaired) electrons. The molecule has 5 nitrogen and oxygen atoms in total. The average Bonchev–Trinajstić information content (AvgIpc) is 2.29. The Morgan fingerprint density at radius 2 is 2.12 bits per heavy atom. The van der Waals surface area contributed by atoms with Gasteiger partial charge in [-0.2, -0.15) is 12.7 Å². The Balaban J connectivity index is 2.79. The van der Waals surface area contributed by atoms with E-state index < -0.39 is 10.2 Å². The minimum Gasteiger partial charge on any atom is -0.313 e. The third-order valence-electron chi connectivity index (χ3n) is 3.17. The molecule has 0 amide bonds. The van der Waals surface area contributed by atoms with Crippen molar-refractivity contribution >= 4 is 10.2 Å². The van der Waals surface area contributed by atoms with Gasteiger partial charge in [-0.1, -0.05) is 13.3 Å². The van der Waals surface area contributed by atoms with E-state index in [4.69, 9.17) is 0 Å². The Morgan fingerprint density at radius 3 is 2.69 bits per heavy atom. The van der Waals surface area contributed by atoms with E-state index in [2.05, 4.69) is 17.0 Å². The van der Waals surface area contributed by atoms with E-state index in [9.17, 15) is 8.42 Å². The summed E-state index contributed by atoms with van der Waals surface area (Å²) < 4.78 is 27.7. The van der Waals surface area contributed by atoms with Crippen LogP contribution in [0, 0.1) is 0 Å². The molecule has 1 fully saturated rings. The number of hydrogen-bond donors (Lipinski definition) is 2. The first kappa shape index (κ1) is 13.9. The second-order valence-corrected chi connectivity index (χ2v) is 6.06. The summed E-state index contributed by atoms with van der Waals surface area (Å²) in [6.07, 6.45) is 3.00. The van der Waals surface area contributed by atoms with Crippen LogP contribution in [-0.4, -0.2) is 44.9 Å². The normalized spacial score (nSPS) is 25.6. The van der Waals surface area contributed by atoms with Crippen LogP contribution in [-0.2, 0) is 10.2 Å². The van der Waals surface area contributed by atoms with Crippen molar-refractivity contribution in [3.8, 4) is 0 Å². The van der Waals surface area contributed by atoms with Crippen LogP contribution in [0.2, 0.25) is 0 Å². The molecular formula is C10H23N3O2S. The summed E-state index contributed by atoms with van der Waals surface area (Å²) in [5, 5.41) is 3.31. The zero-order valence-electron chi connectivity index (χ0n) is 10.4. The second-order valence-electron chi connectivity index (χ2n) is 4.23. The fourth-order valence-electron chi connectivity index (χ4n) is 2.30. The maximum absolute atomic E-state index is 11.9. The van der Waals surface area contributed by atoms with Crippen LogP contribution in [0.5, 0.6) is 0 Å². The van der Waals surface area contributed by atoms with Gasteiger partial charge in [0.05, 0.1) is 0 Å². The molecule has 0 saturated carbocycles. The molecule has 0 aliphatic carbocycles. The quantitative estimate of drug-likeness (QED) is 0.737. The number of nitrogens with one attached hydrogen (secondary N) is 2. The van der Waals surface area contributed by atoms with Gasteiger partial charge < -0.3 is 5.32 Å². The van der Waals surface area contributed by atoms with Crippen LogP contribution in [0.15, 0.2) is 0 Å². The van der Waals surface area contributed by atoms with Crippen molar-refractivity contribution in [1.29, 1.82) is 0 Å². The SMILES string of the molecule is CCNC(C)C1CCCCN1S(=O)(=O)NC. The fraction of sp³-hybridized carbons (Fsp3) is 1.00. The van der Waals surface area contributed by atoms with E-state index in [1.54, 1.807) is 4.31 Å². The average molecular weight is 249 g/mol. The standard InChI is InChI=1S/C10H23N3O2S/c1-4-12-9(2)10-7-5-6-8-13(10)16(14,15)11-3/h9-12H,4-8H2,1-3H3. The lowest BCUT2D eigenvalue weighted by molar-refractivity contribution is 0.208. The summed E-state index contributed by atoms with van der Waals surface area (Å²) in [7, 11) is -1.82. The summed E-state index contributed by atoms with van der Waals surface area (Å²) in [5.41, 5.74) is 0. The topological polar surface area (TPSA) is 61.4 Å². The van der Waals surface area contributed by atoms with Gasteiger partial charge in [0.2, 0.25) is 0 Å². The van der Waals surface area contributed by atoms with Crippen molar-refractivity contribution in [3.05, 3.63) is 0 Å². The van der Waals surface area contributed by atoms with Gasteiger partial charge in [0.15, 0.2) is 0 Å². The maximum atomic E-state index is 11.9. The van der Waals surface area contributed by atoms with Gasteiger partial charge in [-0.3, -0.25) is 0 Å². The van der Waals surface area contributed by atoms with Crippen molar-refractivity contribution in [2.45, 2.75) is 45.2 Å². The van der Waals surface area contributed by atoms with Crippen molar-refractivity contribution in [2.24, 2.45) is 0 Å². The summed E-state index contributed by atoms with van der Waals surface area (Å²) in [4.78, 5) is 0. The first-order chi connectivity index (χ1) is 7.53. The van der Waals surface area contributed by atoms with Gasteiger partial charge >= 0.3 is 0 Å². The summed E-state index contributed by atoms with van der Waals surface area (Å²) in [6.45, 7) is 5.59. The van der Waals surface area contributed by atoms with Crippen molar-refractivity contribution in [1.82, 2.24) is 14.3 Å². The van der Waals surface area contributed by atoms with Crippen LogP contribution in [0.3, 0.4) is 0 Å². The Bertz CT molecular complexity index is 305. The molecule has 1 heterocycles. The monoisotopic (exact) mass is 249 g/mol. The second kappa shape index (κ2) is 5.95. The summed E-state index contributed by atoms with van der Waals surface area (Å²) in [6, 6.07) is 0.277. The minimum atomic E-state index is -3.29. The number of likely N-dealkylation sites (N-methyl/N-ethyl adjacent to an activating group) is 1. The summed E-state index contributed by atoms with van der Waals surface area (Å²) >= 11 is 0. The van der Waals surface area contributed by atoms with Crippen LogP contribution in [0.1, 0.15) is 33.1 Å². The minimum absolute atomic E-state index is 0.0751. The smallest absolute Gasteiger partial charge is 0.279 e. The molecular weight excluding hydrogens is 226 g/mol. The van der Waals surface area contributed by atoms with Crippen LogP contribution in [0.4, 0.5) is 0 Å². The van der Waals surface area contributed by atoms with Gasteiger partial charge in [-0.15, -0.1) is 0 Å². The highest BCUT2D eigenvalue weighted by Gasteiger charge is 2.34. The lowest BCUT2D eigenvalue weighted by atomic mass is 9.99. The van der Waals surface area contributed by atoms with E-state index in [0.717, 1.165) is 25.8 Å². The van der Waals surface area contributed by atoms with Gasteiger partial charge in [0.1, 0.15) is 0 Å². The molecule has 0 bridgehead atoms. The third kappa shape index (κ3) is 3.16. The highest BCUT2D eigenvalue weighted by molar-refractivity contribution is 7.87. The molecule has 0 aromatic carbocycles. The number of hydrogen-bond acceptors (Lipinski definition) is 3. The lowest BCUT2D eigenvalue weighted by Gasteiger charge is -2.38. The van der Waals surface area contributed by atoms with Crippen LogP contribution >= 0.6 is 0 Å². The number of rotatable bonds is 5. The summed E-state index contributed by atoms with van der Waals surface area (Å²) in [5.74, 6) is 0. The highest BCUT2D eigenvalue weighted by Crippen LogP contribution is 2.22. The van der Waals surface area contributed by atoms with E-state index >= 15 is 0 Å². The van der Waals surface area contributed by atoms with Crippen molar-refractivity contribution in [3.63, 3.8) is 0 Å². The maximum Gasteiger partial charge on any atom is 0.279 e. The first-order valence-corrected chi connectivity index (χ1v) is 7.40. The van der Waals surface area contributed by atoms with Gasteiger partial charge in [0.25, 0.3) is 10.2 Å². The molecule has 1 aliphatic rings. The Kier molecular flexibility index (Phi) is 5.17. The Labute approximate surface area is 98.8 Å². The fourth-order valence-corrected chi connectivity index (χ4v) is 3.55. The van der Waals surface area contributed by atoms with Gasteiger partial charge in [-0.05, 0) is 26.3 Å². The predicted octanol–water partition coefficient (Wildman–Crippen LogP) is 0.303. The molecule has 1 saturated heterocycles. The van der Waals surface area contributed by atoms with E-state index in [1.165, 1.54) is 7.05 Å². The van der Waals surface area contributed by atoms with Crippen LogP contribution in [0.25, 0.3) is 0 Å². The van der Waals surface area contributed by atoms with E-state index in [-0.39, 0.29) is 12.1 Å². The molecule has 2 N–H and O–H groups in total. The molecule has 96 valence electrons. The molecule has 1 rings (SSSR count). The molecule has 0 spiro atoms. The lowest BCUT2D eigenvalue weighted by Crippen LogP contribution is -2.55. The first-order valence-electron chi connectivity index (χ1n) is 5.96. The molecule has 2 unspecified atom stereocenters. The van der Waals surface area contributed by atoms with Crippen molar-refractivity contribution in [2.75, 3.05) is 20.1 Å². The van der Waals surface area contributed by atoms with Gasteiger partial charge in [0, 0.05) is 25.7 Å². The van der Waals surface area contributed by atoms with Gasteiger partial charge in [-0.25, -0.2) is 4.72 Å². The third-order valence-corrected chi connectivity index (χ3v) is 4.75. The molecule has 0 aromatic rings. The van der Waals surface area contributed by atoms with Crippen molar-refractivity contribution < 1.29 is 8.42 Å². The zero-order chi connectivity index (χ0) is 12.2. The highest BCUT2D eigenvalue weighted by atomic mass is 32.2. The molecule has 2 atom stereocenters. The number of piperidine rings is 1. The molecule has 0 aromatic heterocycles. The molecule has 16 heavy (non-hydrogen) atoms. The largest absolute Gasteiger partial charge is 0.313 e. The Hall–Kier alpha value is -0.170. The molecule has 1 aliphatic heterocycles. The molecule has 6 heteroatoms. The predicted molar refractivity (Wildman–Crippen MR) is 65.5 cm³/mol. The Morgan fingerprint density at radius 1 is 1.44 bits per heavy atom. The number of nitrogens with zero attached hydrogens (tertiary/aromatic N) is 1. The van der Waals surface area contributed by atoms with E-state index in [1.807, 2.05) is 6.92 Å². The zero-order valence-corrected chi connectivity index (χ0v) is 11.2. The van der Waals surface area contributed by atoms with E-state index in [0.29, 0.717) is 6.54 Å².